The van der Waals surface area contributed by atoms with E-state index in [1.54, 1.807) is 0 Å². The quantitative estimate of drug-likeness (QED) is 0.657. The summed E-state index contributed by atoms with van der Waals surface area (Å²) in [5, 5.41) is 12.4. The van der Waals surface area contributed by atoms with E-state index in [1.807, 2.05) is 26.0 Å². The third-order valence-electron chi connectivity index (χ3n) is 3.29. The molecule has 0 aromatic heterocycles. The fourth-order valence-corrected chi connectivity index (χ4v) is 2.52. The summed E-state index contributed by atoms with van der Waals surface area (Å²) >= 11 is 3.56. The summed E-state index contributed by atoms with van der Waals surface area (Å²) in [7, 11) is 0. The maximum absolute atomic E-state index is 9.01. The third kappa shape index (κ3) is 6.50. The Bertz CT molecular complexity index is 480. The minimum atomic E-state index is -0.275. The first-order chi connectivity index (χ1) is 10.00. The van der Waals surface area contributed by atoms with Gasteiger partial charge in [-0.25, -0.2) is 0 Å². The zero-order valence-electron chi connectivity index (χ0n) is 13.2. The topological polar surface area (TPSA) is 45.0 Å². The Morgan fingerprint density at radius 3 is 2.81 bits per heavy atom. The first-order valence-electron chi connectivity index (χ1n) is 7.52. The van der Waals surface area contributed by atoms with Gasteiger partial charge in [0.15, 0.2) is 0 Å². The molecule has 0 bridgehead atoms. The second-order valence-electron chi connectivity index (χ2n) is 5.85. The van der Waals surface area contributed by atoms with E-state index in [4.69, 9.17) is 10.00 Å². The number of hydrogen-bond donors (Lipinski definition) is 1. The zero-order chi connectivity index (χ0) is 15.7. The summed E-state index contributed by atoms with van der Waals surface area (Å²) in [4.78, 5) is 0. The number of nitriles is 1. The lowest BCUT2D eigenvalue weighted by Crippen LogP contribution is -2.15. The third-order valence-corrected chi connectivity index (χ3v) is 3.91. The molecule has 0 aliphatic rings. The summed E-state index contributed by atoms with van der Waals surface area (Å²) < 4.78 is 6.93. The van der Waals surface area contributed by atoms with E-state index in [-0.39, 0.29) is 5.41 Å². The van der Waals surface area contributed by atoms with Crippen LogP contribution in [0.1, 0.15) is 45.6 Å². The van der Waals surface area contributed by atoms with Gasteiger partial charge in [-0.3, -0.25) is 0 Å². The van der Waals surface area contributed by atoms with Crippen molar-refractivity contribution in [3.8, 4) is 11.8 Å². The van der Waals surface area contributed by atoms with Crippen molar-refractivity contribution in [2.75, 3.05) is 13.2 Å². The molecule has 1 aromatic rings. The molecular weight excluding hydrogens is 328 g/mol. The predicted molar refractivity (Wildman–Crippen MR) is 90.3 cm³/mol. The maximum atomic E-state index is 9.01. The minimum Gasteiger partial charge on any atom is -0.492 e. The van der Waals surface area contributed by atoms with Gasteiger partial charge in [-0.05, 0) is 61.7 Å². The lowest BCUT2D eigenvalue weighted by atomic mass is 9.90. The van der Waals surface area contributed by atoms with Gasteiger partial charge < -0.3 is 10.1 Å². The molecular formula is C17H25BrN2O. The van der Waals surface area contributed by atoms with E-state index in [9.17, 15) is 0 Å². The van der Waals surface area contributed by atoms with Crippen LogP contribution in [-0.4, -0.2) is 13.2 Å². The Labute approximate surface area is 136 Å². The normalized spacial score (nSPS) is 11.2. The number of nitrogens with zero attached hydrogens (tertiary/aromatic N) is 1. The molecule has 0 radical (unpaired) electrons. The Kier molecular flexibility index (Phi) is 7.77. The molecule has 0 aliphatic heterocycles. The fraction of sp³-hybridized carbons (Fsp3) is 0.588. The first-order valence-corrected chi connectivity index (χ1v) is 8.31. The highest BCUT2D eigenvalue weighted by molar-refractivity contribution is 9.10. The van der Waals surface area contributed by atoms with Crippen molar-refractivity contribution in [3.05, 3.63) is 28.2 Å². The Morgan fingerprint density at radius 1 is 1.38 bits per heavy atom. The average Bonchev–Trinajstić information content (AvgIpc) is 2.46. The second-order valence-corrected chi connectivity index (χ2v) is 6.71. The molecule has 0 aliphatic carbocycles. The van der Waals surface area contributed by atoms with Crippen LogP contribution < -0.4 is 10.1 Å². The van der Waals surface area contributed by atoms with E-state index >= 15 is 0 Å². The van der Waals surface area contributed by atoms with Gasteiger partial charge in [-0.1, -0.05) is 19.1 Å². The summed E-state index contributed by atoms with van der Waals surface area (Å²) in [5.41, 5.74) is 0.889. The fourth-order valence-electron chi connectivity index (χ4n) is 2.00. The number of rotatable bonds is 9. The molecule has 0 fully saturated rings. The highest BCUT2D eigenvalue weighted by atomic mass is 79.9. The Balaban J connectivity index is 2.55. The summed E-state index contributed by atoms with van der Waals surface area (Å²) in [6.45, 7) is 8.53. The molecule has 0 saturated carbocycles. The highest BCUT2D eigenvalue weighted by Crippen LogP contribution is 2.30. The molecule has 0 unspecified atom stereocenters. The van der Waals surface area contributed by atoms with Gasteiger partial charge in [0.2, 0.25) is 0 Å². The van der Waals surface area contributed by atoms with Crippen LogP contribution in [0.15, 0.2) is 22.7 Å². The van der Waals surface area contributed by atoms with Crippen LogP contribution in [0, 0.1) is 16.7 Å². The van der Waals surface area contributed by atoms with Crippen molar-refractivity contribution in [1.29, 1.82) is 5.26 Å². The van der Waals surface area contributed by atoms with Gasteiger partial charge in [0.25, 0.3) is 0 Å². The molecule has 1 N–H and O–H groups in total. The van der Waals surface area contributed by atoms with Crippen molar-refractivity contribution in [1.82, 2.24) is 5.32 Å². The van der Waals surface area contributed by atoms with Crippen LogP contribution in [0.25, 0.3) is 0 Å². The van der Waals surface area contributed by atoms with Gasteiger partial charge in [-0.15, -0.1) is 0 Å². The molecule has 0 spiro atoms. The van der Waals surface area contributed by atoms with E-state index in [0.29, 0.717) is 6.61 Å². The molecule has 3 nitrogen and oxygen atoms in total. The first kappa shape index (κ1) is 18.0. The monoisotopic (exact) mass is 352 g/mol. The van der Waals surface area contributed by atoms with Crippen molar-refractivity contribution in [2.45, 2.75) is 46.6 Å². The average molecular weight is 353 g/mol. The van der Waals surface area contributed by atoms with Crippen LogP contribution in [0.5, 0.6) is 5.75 Å². The number of benzene rings is 1. The number of para-hydroxylation sites is 1. The number of ether oxygens (including phenoxy) is 1. The Morgan fingerprint density at radius 2 is 2.14 bits per heavy atom. The number of hydrogen-bond acceptors (Lipinski definition) is 3. The SMILES string of the molecule is CCCNCc1cccc(Br)c1OCCCC(C)(C)C#N. The van der Waals surface area contributed by atoms with Gasteiger partial charge in [0.05, 0.1) is 22.6 Å². The van der Waals surface area contributed by atoms with Crippen LogP contribution in [-0.2, 0) is 6.54 Å². The molecule has 1 aromatic carbocycles. The molecule has 0 saturated heterocycles. The van der Waals surface area contributed by atoms with E-state index < -0.39 is 0 Å². The molecule has 116 valence electrons. The number of halogens is 1. The van der Waals surface area contributed by atoms with E-state index in [1.165, 1.54) is 0 Å². The maximum Gasteiger partial charge on any atom is 0.137 e. The Hall–Kier alpha value is -1.05. The summed E-state index contributed by atoms with van der Waals surface area (Å²) in [6.07, 6.45) is 2.84. The summed E-state index contributed by atoms with van der Waals surface area (Å²) in [5.74, 6) is 0.913. The molecule has 0 amide bonds. The highest BCUT2D eigenvalue weighted by Gasteiger charge is 2.16. The van der Waals surface area contributed by atoms with Gasteiger partial charge in [0.1, 0.15) is 5.75 Å². The molecule has 21 heavy (non-hydrogen) atoms. The van der Waals surface area contributed by atoms with Gasteiger partial charge in [-0.2, -0.15) is 5.26 Å². The van der Waals surface area contributed by atoms with Crippen LogP contribution >= 0.6 is 15.9 Å². The van der Waals surface area contributed by atoms with Crippen molar-refractivity contribution < 1.29 is 4.74 Å². The standard InChI is InChI=1S/C17H25BrN2O/c1-4-10-20-12-14-7-5-8-15(18)16(14)21-11-6-9-17(2,3)13-19/h5,7-8,20H,4,6,9-12H2,1-3H3. The largest absolute Gasteiger partial charge is 0.492 e. The second kappa shape index (κ2) is 9.07. The molecule has 0 atom stereocenters. The van der Waals surface area contributed by atoms with Crippen molar-refractivity contribution >= 4 is 15.9 Å². The van der Waals surface area contributed by atoms with E-state index in [2.05, 4.69) is 40.3 Å². The molecule has 4 heteroatoms. The van der Waals surface area contributed by atoms with Crippen LogP contribution in [0.3, 0.4) is 0 Å². The lowest BCUT2D eigenvalue weighted by Gasteiger charge is -2.17. The smallest absolute Gasteiger partial charge is 0.137 e. The van der Waals surface area contributed by atoms with E-state index in [0.717, 1.165) is 48.1 Å². The lowest BCUT2D eigenvalue weighted by molar-refractivity contribution is 0.280. The van der Waals surface area contributed by atoms with Crippen molar-refractivity contribution in [2.24, 2.45) is 5.41 Å². The summed E-state index contributed by atoms with van der Waals surface area (Å²) in [6, 6.07) is 8.43. The van der Waals surface area contributed by atoms with Crippen LogP contribution in [0.2, 0.25) is 0 Å². The van der Waals surface area contributed by atoms with Gasteiger partial charge >= 0.3 is 0 Å². The zero-order valence-corrected chi connectivity index (χ0v) is 14.8. The van der Waals surface area contributed by atoms with Gasteiger partial charge in [0, 0.05) is 12.1 Å². The number of nitrogens with one attached hydrogen (secondary N) is 1. The molecule has 1 rings (SSSR count). The van der Waals surface area contributed by atoms with Crippen molar-refractivity contribution in [3.63, 3.8) is 0 Å². The minimum absolute atomic E-state index is 0.275. The molecule has 0 heterocycles. The van der Waals surface area contributed by atoms with Crippen LogP contribution in [0.4, 0.5) is 0 Å². The predicted octanol–water partition coefficient (Wildman–Crippen LogP) is 4.66.